The Labute approximate surface area is 223 Å². The minimum absolute atomic E-state index is 0.148. The third-order valence-corrected chi connectivity index (χ3v) is 6.02. The van der Waals surface area contributed by atoms with E-state index in [4.69, 9.17) is 5.73 Å². The molecule has 1 rings (SSSR count). The van der Waals surface area contributed by atoms with E-state index in [1.165, 1.54) is 26.9 Å². The summed E-state index contributed by atoms with van der Waals surface area (Å²) >= 11 is 0. The molecule has 38 heavy (non-hydrogen) atoms. The maximum Gasteiger partial charge on any atom is 0.312 e. The minimum Gasteiger partial charge on any atom is -0.352 e. The van der Waals surface area contributed by atoms with Gasteiger partial charge in [-0.3, -0.25) is 28.9 Å². The van der Waals surface area contributed by atoms with Gasteiger partial charge in [0.25, 0.3) is 11.8 Å². The highest BCUT2D eigenvalue weighted by Gasteiger charge is 2.29. The molecule has 13 nitrogen and oxygen atoms in total. The van der Waals surface area contributed by atoms with Crippen LogP contribution in [0.4, 0.5) is 4.79 Å². The van der Waals surface area contributed by atoms with Crippen LogP contribution in [-0.4, -0.2) is 85.2 Å². The van der Waals surface area contributed by atoms with Crippen molar-refractivity contribution in [2.75, 3.05) is 13.1 Å². The van der Waals surface area contributed by atoms with Gasteiger partial charge < -0.3 is 31.8 Å². The van der Waals surface area contributed by atoms with Gasteiger partial charge >= 0.3 is 6.03 Å². The van der Waals surface area contributed by atoms with Crippen molar-refractivity contribution in [3.05, 3.63) is 12.2 Å². The van der Waals surface area contributed by atoms with Crippen LogP contribution in [0.25, 0.3) is 0 Å². The quantitative estimate of drug-likeness (QED) is 0.0825. The topological polar surface area (TPSA) is 197 Å². The first-order valence-electron chi connectivity index (χ1n) is 12.8. The Kier molecular flexibility index (Phi) is 13.8. The molecule has 1 unspecified atom stereocenters. The number of carbonyl (C=O) groups excluding carboxylic acids is 7. The van der Waals surface area contributed by atoms with Crippen molar-refractivity contribution in [3.63, 3.8) is 0 Å². The summed E-state index contributed by atoms with van der Waals surface area (Å²) in [6.45, 7) is 5.52. The molecule has 210 valence electrons. The number of carbonyl (C=O) groups is 7. The van der Waals surface area contributed by atoms with Crippen LogP contribution in [0.5, 0.6) is 0 Å². The van der Waals surface area contributed by atoms with Crippen LogP contribution in [0.3, 0.4) is 0 Å². The molecule has 6 N–H and O–H groups in total. The molecule has 0 fully saturated rings. The molecule has 0 saturated carbocycles. The predicted octanol–water partition coefficient (Wildman–Crippen LogP) is -1.79. The van der Waals surface area contributed by atoms with Gasteiger partial charge in [-0.25, -0.2) is 4.79 Å². The van der Waals surface area contributed by atoms with Gasteiger partial charge in [-0.05, 0) is 38.5 Å². The molecular formula is C24H39BN6O7. The van der Waals surface area contributed by atoms with Crippen molar-refractivity contribution >= 4 is 49.1 Å². The van der Waals surface area contributed by atoms with E-state index in [1.54, 1.807) is 13.8 Å². The second-order valence-corrected chi connectivity index (χ2v) is 9.60. The van der Waals surface area contributed by atoms with Crippen LogP contribution in [0.1, 0.15) is 59.3 Å². The average molecular weight is 534 g/mol. The second kappa shape index (κ2) is 16.2. The molecular weight excluding hydrogens is 495 g/mol. The number of amides is 7. The van der Waals surface area contributed by atoms with E-state index in [2.05, 4.69) is 21.3 Å². The molecule has 14 heteroatoms. The Morgan fingerprint density at radius 3 is 2.08 bits per heavy atom. The first kappa shape index (κ1) is 32.3. The number of nitrogens with zero attached hydrogens (tertiary/aromatic N) is 1. The Balaban J connectivity index is 2.63. The van der Waals surface area contributed by atoms with Gasteiger partial charge in [0.1, 0.15) is 17.8 Å². The zero-order valence-electron chi connectivity index (χ0n) is 22.5. The number of imide groups is 1. The van der Waals surface area contributed by atoms with E-state index in [-0.39, 0.29) is 55.3 Å². The van der Waals surface area contributed by atoms with Crippen LogP contribution in [-0.2, 0) is 28.8 Å². The van der Waals surface area contributed by atoms with Crippen LogP contribution < -0.4 is 27.0 Å². The molecule has 1 aliphatic rings. The molecule has 0 radical (unpaired) electrons. The molecule has 1 heterocycles. The van der Waals surface area contributed by atoms with Gasteiger partial charge in [-0.15, -0.1) is 0 Å². The Morgan fingerprint density at radius 1 is 0.895 bits per heavy atom. The molecule has 3 atom stereocenters. The smallest absolute Gasteiger partial charge is 0.312 e. The summed E-state index contributed by atoms with van der Waals surface area (Å²) in [7, 11) is 1.34. The summed E-state index contributed by atoms with van der Waals surface area (Å²) in [6.07, 6.45) is 4.77. The summed E-state index contributed by atoms with van der Waals surface area (Å²) in [4.78, 5) is 85.0. The van der Waals surface area contributed by atoms with Crippen LogP contribution in [0, 0.1) is 5.92 Å². The molecule has 0 aromatic heterocycles. The normalized spacial score (nSPS) is 15.1. The molecule has 0 aliphatic carbocycles. The number of primary amides is 1. The summed E-state index contributed by atoms with van der Waals surface area (Å²) < 4.78 is 0. The predicted molar refractivity (Wildman–Crippen MR) is 141 cm³/mol. The van der Waals surface area contributed by atoms with E-state index in [0.717, 1.165) is 4.90 Å². The molecule has 7 amide bonds. The molecule has 0 saturated heterocycles. The highest BCUT2D eigenvalue weighted by molar-refractivity contribution is 6.59. The number of nitrogens with one attached hydrogen (secondary N) is 4. The van der Waals surface area contributed by atoms with Crippen LogP contribution in [0.2, 0.25) is 0 Å². The molecule has 0 aromatic carbocycles. The summed E-state index contributed by atoms with van der Waals surface area (Å²) in [5, 5.41) is 10.3. The molecule has 0 spiro atoms. The maximum absolute atomic E-state index is 13.0. The number of hydrogen-bond acceptors (Lipinski definition) is 7. The van der Waals surface area contributed by atoms with Gasteiger partial charge in [-0.1, -0.05) is 20.3 Å². The lowest BCUT2D eigenvalue weighted by molar-refractivity contribution is -0.137. The third kappa shape index (κ3) is 11.6. The van der Waals surface area contributed by atoms with E-state index < -0.39 is 36.0 Å². The van der Waals surface area contributed by atoms with Crippen LogP contribution in [0.15, 0.2) is 12.2 Å². The minimum atomic E-state index is -0.998. The van der Waals surface area contributed by atoms with Gasteiger partial charge in [0, 0.05) is 31.7 Å². The Morgan fingerprint density at radius 2 is 1.53 bits per heavy atom. The van der Waals surface area contributed by atoms with Crippen molar-refractivity contribution in [1.82, 2.24) is 26.2 Å². The number of rotatable bonds is 17. The van der Waals surface area contributed by atoms with E-state index in [1.807, 2.05) is 0 Å². The van der Waals surface area contributed by atoms with Gasteiger partial charge in [0.05, 0.1) is 6.04 Å². The fourth-order valence-corrected chi connectivity index (χ4v) is 3.63. The standard InChI is InChI=1S/C24H39BN6O7/c1-14(2)20(30-17(32)9-5-4-6-13-31-18(33)10-11-19(31)34)23(37)29-16(8-7-12-27-24(26)38)22(36)28-15(3)21(25)35/h10-11,14-16,20H,4-9,12-13,25H2,1-3H3,(H,28,36)(H,29,37)(H,30,32)(H3,26,27,38)/t15-,16-,20?/m0/s1. The van der Waals surface area contributed by atoms with Crippen molar-refractivity contribution in [1.29, 1.82) is 0 Å². The van der Waals surface area contributed by atoms with Crippen molar-refractivity contribution in [2.24, 2.45) is 11.7 Å². The second-order valence-electron chi connectivity index (χ2n) is 9.60. The van der Waals surface area contributed by atoms with Crippen molar-refractivity contribution in [2.45, 2.75) is 77.4 Å². The zero-order valence-corrected chi connectivity index (χ0v) is 22.5. The van der Waals surface area contributed by atoms with Gasteiger partial charge in [0.2, 0.25) is 17.7 Å². The number of urea groups is 1. The SMILES string of the molecule is BC(=O)[C@H](C)NC(=O)[C@H](CCCNC(N)=O)NC(=O)C(NC(=O)CCCCCN1C(=O)C=CC1=O)C(C)C. The van der Waals surface area contributed by atoms with E-state index in [9.17, 15) is 33.6 Å². The first-order chi connectivity index (χ1) is 17.8. The van der Waals surface area contributed by atoms with Crippen molar-refractivity contribution in [3.8, 4) is 0 Å². The van der Waals surface area contributed by atoms with Gasteiger partial charge in [-0.2, -0.15) is 0 Å². The summed E-state index contributed by atoms with van der Waals surface area (Å²) in [5.74, 6) is -2.42. The lowest BCUT2D eigenvalue weighted by Crippen LogP contribution is -2.56. The Bertz CT molecular complexity index is 921. The van der Waals surface area contributed by atoms with Crippen LogP contribution >= 0.6 is 0 Å². The van der Waals surface area contributed by atoms with Crippen molar-refractivity contribution < 1.29 is 33.6 Å². The molecule has 1 aliphatic heterocycles. The maximum atomic E-state index is 13.0. The van der Waals surface area contributed by atoms with E-state index in [0.29, 0.717) is 25.7 Å². The lowest BCUT2D eigenvalue weighted by atomic mass is 9.95. The monoisotopic (exact) mass is 534 g/mol. The molecule has 0 aromatic rings. The highest BCUT2D eigenvalue weighted by atomic mass is 16.2. The fraction of sp³-hybridized carbons (Fsp3) is 0.625. The van der Waals surface area contributed by atoms with E-state index >= 15 is 0 Å². The first-order valence-corrected chi connectivity index (χ1v) is 12.8. The largest absolute Gasteiger partial charge is 0.352 e. The zero-order chi connectivity index (χ0) is 28.8. The highest BCUT2D eigenvalue weighted by Crippen LogP contribution is 2.09. The number of hydrogen-bond donors (Lipinski definition) is 5. The third-order valence-electron chi connectivity index (χ3n) is 6.02. The number of unbranched alkanes of at least 4 members (excludes halogenated alkanes) is 2. The number of nitrogens with two attached hydrogens (primary N) is 1. The fourth-order valence-electron chi connectivity index (χ4n) is 3.63. The average Bonchev–Trinajstić information content (AvgIpc) is 3.15. The van der Waals surface area contributed by atoms with Gasteiger partial charge in [0.15, 0.2) is 7.85 Å². The summed E-state index contributed by atoms with van der Waals surface area (Å²) in [6, 6.07) is -3.36. The lowest BCUT2D eigenvalue weighted by Gasteiger charge is -2.26. The molecule has 0 bridgehead atoms. The Hall–Kier alpha value is -3.71. The summed E-state index contributed by atoms with van der Waals surface area (Å²) in [5.41, 5.74) is 4.80.